The van der Waals surface area contributed by atoms with Crippen LogP contribution in [-0.2, 0) is 4.79 Å². The zero-order chi connectivity index (χ0) is 11.5. The maximum Gasteiger partial charge on any atom is 0.151 e. The van der Waals surface area contributed by atoms with Gasteiger partial charge in [-0.1, -0.05) is 6.92 Å². The molecule has 1 heterocycles. The molecule has 1 atom stereocenters. The van der Waals surface area contributed by atoms with E-state index in [1.54, 1.807) is 0 Å². The topological polar surface area (TPSA) is 32.3 Å². The first-order valence-electron chi connectivity index (χ1n) is 5.75. The summed E-state index contributed by atoms with van der Waals surface area (Å²) in [6, 6.07) is 0.0136. The molecule has 1 saturated heterocycles. The highest BCUT2D eigenvalue weighted by molar-refractivity contribution is 5.84. The van der Waals surface area contributed by atoms with Crippen LogP contribution in [0.15, 0.2) is 0 Å². The van der Waals surface area contributed by atoms with E-state index in [0.717, 1.165) is 19.6 Å². The summed E-state index contributed by atoms with van der Waals surface area (Å²) >= 11 is 0. The number of Topliss-reactive ketones (excluding diaryl/α,β-unsaturated/α-hetero) is 1. The van der Waals surface area contributed by atoms with Gasteiger partial charge in [-0.15, -0.1) is 0 Å². The predicted molar refractivity (Wildman–Crippen MR) is 62.7 cm³/mol. The Labute approximate surface area is 93.2 Å². The van der Waals surface area contributed by atoms with Gasteiger partial charge in [0.1, 0.15) is 0 Å². The first-order valence-corrected chi connectivity index (χ1v) is 5.75. The van der Waals surface area contributed by atoms with Crippen molar-refractivity contribution in [2.24, 2.45) is 0 Å². The van der Waals surface area contributed by atoms with Crippen LogP contribution in [0, 0.1) is 6.92 Å². The summed E-state index contributed by atoms with van der Waals surface area (Å²) in [5.41, 5.74) is 0.158. The first-order chi connectivity index (χ1) is 6.95. The largest absolute Gasteiger partial charge is 0.305 e. The van der Waals surface area contributed by atoms with Gasteiger partial charge in [-0.2, -0.15) is 0 Å². The van der Waals surface area contributed by atoms with Gasteiger partial charge >= 0.3 is 0 Å². The van der Waals surface area contributed by atoms with Gasteiger partial charge in [0.15, 0.2) is 5.78 Å². The Kier molecular flexibility index (Phi) is 4.29. The average Bonchev–Trinajstić information content (AvgIpc) is 2.17. The molecule has 0 amide bonds. The minimum Gasteiger partial charge on any atom is -0.305 e. The number of nitrogens with one attached hydrogen (secondary N) is 1. The van der Waals surface area contributed by atoms with Crippen LogP contribution in [0.1, 0.15) is 33.6 Å². The van der Waals surface area contributed by atoms with Gasteiger partial charge in [0.05, 0.1) is 6.04 Å². The molecule has 87 valence electrons. The summed E-state index contributed by atoms with van der Waals surface area (Å²) in [4.78, 5) is 14.1. The van der Waals surface area contributed by atoms with Gasteiger partial charge in [0.25, 0.3) is 0 Å². The zero-order valence-corrected chi connectivity index (χ0v) is 10.2. The first kappa shape index (κ1) is 12.7. The molecule has 0 aromatic heterocycles. The van der Waals surface area contributed by atoms with Gasteiger partial charge in [-0.25, -0.2) is 0 Å². The summed E-state index contributed by atoms with van der Waals surface area (Å²) in [7, 11) is 0. The molecule has 1 rings (SSSR count). The lowest BCUT2D eigenvalue weighted by Crippen LogP contribution is -2.59. The number of carbonyl (C=O) groups is 1. The second-order valence-electron chi connectivity index (χ2n) is 5.19. The fourth-order valence-electron chi connectivity index (χ4n) is 1.92. The molecule has 1 fully saturated rings. The monoisotopic (exact) mass is 211 g/mol. The molecule has 3 heteroatoms. The Morgan fingerprint density at radius 3 is 2.73 bits per heavy atom. The third-order valence-corrected chi connectivity index (χ3v) is 2.94. The lowest BCUT2D eigenvalue weighted by molar-refractivity contribution is -0.122. The van der Waals surface area contributed by atoms with Crippen molar-refractivity contribution in [1.29, 1.82) is 0 Å². The third kappa shape index (κ3) is 3.58. The number of hydrogen-bond acceptors (Lipinski definition) is 3. The normalized spacial score (nSPS) is 24.1. The molecule has 0 spiro atoms. The Hall–Kier alpha value is -0.410. The van der Waals surface area contributed by atoms with Gasteiger partial charge in [0.2, 0.25) is 0 Å². The van der Waals surface area contributed by atoms with E-state index in [2.05, 4.69) is 37.9 Å². The molecule has 0 aromatic carbocycles. The van der Waals surface area contributed by atoms with E-state index in [-0.39, 0.29) is 11.6 Å². The van der Waals surface area contributed by atoms with Crippen LogP contribution in [0.2, 0.25) is 0 Å². The standard InChI is InChI=1S/C12H23N2O/c1-5-6-11(15)10-9-14(8-7-13-10)12(2,3)4/h10,13H,1,5-9H2,2-4H3. The van der Waals surface area contributed by atoms with Crippen molar-refractivity contribution in [2.75, 3.05) is 19.6 Å². The maximum absolute atomic E-state index is 11.7. The number of hydrogen-bond donors (Lipinski definition) is 1. The molecule has 0 aromatic rings. The number of rotatable bonds is 3. The quantitative estimate of drug-likeness (QED) is 0.762. The highest BCUT2D eigenvalue weighted by atomic mass is 16.1. The van der Waals surface area contributed by atoms with E-state index in [9.17, 15) is 4.79 Å². The number of nitrogens with zero attached hydrogens (tertiary/aromatic N) is 1. The van der Waals surface area contributed by atoms with E-state index >= 15 is 0 Å². The summed E-state index contributed by atoms with van der Waals surface area (Å²) in [6.45, 7) is 13.1. The molecular weight excluding hydrogens is 188 g/mol. The summed E-state index contributed by atoms with van der Waals surface area (Å²) in [5, 5.41) is 3.29. The van der Waals surface area contributed by atoms with Gasteiger partial charge in [0, 0.05) is 31.6 Å². The van der Waals surface area contributed by atoms with E-state index in [1.165, 1.54) is 0 Å². The maximum atomic E-state index is 11.7. The van der Waals surface area contributed by atoms with Crippen LogP contribution in [0.3, 0.4) is 0 Å². The Morgan fingerprint density at radius 1 is 1.53 bits per heavy atom. The highest BCUT2D eigenvalue weighted by Gasteiger charge is 2.30. The minimum atomic E-state index is 0.0136. The van der Waals surface area contributed by atoms with Crippen molar-refractivity contribution in [2.45, 2.75) is 45.2 Å². The van der Waals surface area contributed by atoms with Gasteiger partial charge in [-0.05, 0) is 27.2 Å². The van der Waals surface area contributed by atoms with Gasteiger partial charge < -0.3 is 5.32 Å². The summed E-state index contributed by atoms with van der Waals surface area (Å²) in [6.07, 6.45) is 1.29. The average molecular weight is 211 g/mol. The van der Waals surface area contributed by atoms with Crippen LogP contribution in [-0.4, -0.2) is 41.9 Å². The van der Waals surface area contributed by atoms with Crippen molar-refractivity contribution < 1.29 is 4.79 Å². The summed E-state index contributed by atoms with van der Waals surface area (Å²) < 4.78 is 0. The Balaban J connectivity index is 2.52. The zero-order valence-electron chi connectivity index (χ0n) is 10.2. The number of ketones is 1. The highest BCUT2D eigenvalue weighted by Crippen LogP contribution is 2.16. The lowest BCUT2D eigenvalue weighted by Gasteiger charge is -2.41. The number of carbonyl (C=O) groups excluding carboxylic acids is 1. The van der Waals surface area contributed by atoms with Crippen LogP contribution in [0.5, 0.6) is 0 Å². The molecule has 1 radical (unpaired) electrons. The molecule has 0 saturated carbocycles. The Bertz CT molecular complexity index is 220. The Morgan fingerprint density at radius 2 is 2.20 bits per heavy atom. The smallest absolute Gasteiger partial charge is 0.151 e. The van der Waals surface area contributed by atoms with Crippen LogP contribution in [0.25, 0.3) is 0 Å². The fraction of sp³-hybridized carbons (Fsp3) is 0.833. The molecule has 0 bridgehead atoms. The van der Waals surface area contributed by atoms with Crippen LogP contribution in [0.4, 0.5) is 0 Å². The van der Waals surface area contributed by atoms with Crippen molar-refractivity contribution in [1.82, 2.24) is 10.2 Å². The minimum absolute atomic E-state index is 0.0136. The van der Waals surface area contributed by atoms with Gasteiger partial charge in [-0.3, -0.25) is 9.69 Å². The molecule has 3 nitrogen and oxygen atoms in total. The fourth-order valence-corrected chi connectivity index (χ4v) is 1.92. The second kappa shape index (κ2) is 5.08. The predicted octanol–water partition coefficient (Wildman–Crippen LogP) is 1.24. The molecule has 1 N–H and O–H groups in total. The lowest BCUT2D eigenvalue weighted by atomic mass is 10.00. The second-order valence-corrected chi connectivity index (χ2v) is 5.19. The number of piperazine rings is 1. The van der Waals surface area contributed by atoms with Crippen molar-refractivity contribution >= 4 is 5.78 Å². The van der Waals surface area contributed by atoms with E-state index < -0.39 is 0 Å². The van der Waals surface area contributed by atoms with E-state index in [0.29, 0.717) is 18.6 Å². The molecule has 0 aliphatic carbocycles. The van der Waals surface area contributed by atoms with Crippen molar-refractivity contribution in [3.63, 3.8) is 0 Å². The molecule has 1 aliphatic heterocycles. The SMILES string of the molecule is [CH2]CCC(=O)C1CN(C(C)(C)C)CCN1. The third-order valence-electron chi connectivity index (χ3n) is 2.94. The molecule has 1 aliphatic rings. The summed E-state index contributed by atoms with van der Waals surface area (Å²) in [5.74, 6) is 0.305. The van der Waals surface area contributed by atoms with Crippen LogP contribution < -0.4 is 5.32 Å². The van der Waals surface area contributed by atoms with Crippen LogP contribution >= 0.6 is 0 Å². The molecular formula is C12H23N2O. The van der Waals surface area contributed by atoms with Crippen molar-refractivity contribution in [3.8, 4) is 0 Å². The van der Waals surface area contributed by atoms with E-state index in [1.807, 2.05) is 0 Å². The molecule has 15 heavy (non-hydrogen) atoms. The van der Waals surface area contributed by atoms with E-state index in [4.69, 9.17) is 0 Å². The molecule has 1 unspecified atom stereocenters. The van der Waals surface area contributed by atoms with Crippen molar-refractivity contribution in [3.05, 3.63) is 6.92 Å².